The van der Waals surface area contributed by atoms with Crippen molar-refractivity contribution in [2.45, 2.75) is 51.1 Å². The van der Waals surface area contributed by atoms with E-state index < -0.39 is 17.8 Å². The number of benzene rings is 2. The van der Waals surface area contributed by atoms with E-state index in [1.54, 1.807) is 31.0 Å². The van der Waals surface area contributed by atoms with E-state index in [4.69, 9.17) is 0 Å². The maximum Gasteiger partial charge on any atom is 0.416 e. The molecule has 214 valence electrons. The Morgan fingerprint density at radius 3 is 2.44 bits per heavy atom. The number of piperidine rings is 1. The molecule has 1 saturated heterocycles. The van der Waals surface area contributed by atoms with Crippen molar-refractivity contribution in [1.82, 2.24) is 30.1 Å². The zero-order chi connectivity index (χ0) is 28.8. The second-order valence-corrected chi connectivity index (χ2v) is 10.4. The summed E-state index contributed by atoms with van der Waals surface area (Å²) >= 11 is 0. The normalized spacial score (nSPS) is 15.4. The third kappa shape index (κ3) is 6.94. The summed E-state index contributed by atoms with van der Waals surface area (Å²) in [7, 11) is 0. The topological polar surface area (TPSA) is 77.2 Å². The van der Waals surface area contributed by atoms with Crippen LogP contribution in [0.1, 0.15) is 52.4 Å². The number of alkyl halides is 3. The average molecular weight is 563 g/mol. The van der Waals surface area contributed by atoms with E-state index in [1.807, 2.05) is 47.4 Å². The van der Waals surface area contributed by atoms with Gasteiger partial charge in [0.2, 0.25) is 0 Å². The number of aromatic amines is 1. The maximum absolute atomic E-state index is 13.8. The van der Waals surface area contributed by atoms with Gasteiger partial charge in [-0.05, 0) is 60.2 Å². The van der Waals surface area contributed by atoms with Gasteiger partial charge in [-0.1, -0.05) is 42.5 Å². The number of amides is 2. The van der Waals surface area contributed by atoms with Crippen LogP contribution in [0.5, 0.6) is 0 Å². The van der Waals surface area contributed by atoms with Crippen LogP contribution in [-0.4, -0.2) is 49.9 Å². The standard InChI is InChI=1S/C31H33F3N6O/c1-22-7-8-25(17-27(22)31(32,33)34)29(28-19-36-21-38-28)39-15-11-26(12-16-39)40(20-24-5-3-2-4-6-24)30(41)37-18-23-9-13-35-14-10-23/h2-10,13-14,17,19,21,26,29H,11-12,15-16,18,20H2,1H3,(H,36,38)(H,37,41). The predicted molar refractivity (Wildman–Crippen MR) is 150 cm³/mol. The van der Waals surface area contributed by atoms with Crippen LogP contribution in [0.15, 0.2) is 85.6 Å². The van der Waals surface area contributed by atoms with Crippen molar-refractivity contribution in [1.29, 1.82) is 0 Å². The summed E-state index contributed by atoms with van der Waals surface area (Å²) in [4.78, 5) is 28.8. The molecule has 0 saturated carbocycles. The van der Waals surface area contributed by atoms with Gasteiger partial charge in [-0.25, -0.2) is 9.78 Å². The van der Waals surface area contributed by atoms with Crippen molar-refractivity contribution in [3.8, 4) is 0 Å². The highest BCUT2D eigenvalue weighted by molar-refractivity contribution is 5.74. The van der Waals surface area contributed by atoms with Crippen LogP contribution in [0.4, 0.5) is 18.0 Å². The van der Waals surface area contributed by atoms with E-state index in [9.17, 15) is 18.0 Å². The Labute approximate surface area is 237 Å². The summed E-state index contributed by atoms with van der Waals surface area (Å²) in [6.45, 7) is 3.54. The van der Waals surface area contributed by atoms with Crippen molar-refractivity contribution >= 4 is 6.03 Å². The molecule has 0 aliphatic carbocycles. The van der Waals surface area contributed by atoms with Crippen molar-refractivity contribution in [2.24, 2.45) is 0 Å². The lowest BCUT2D eigenvalue weighted by Gasteiger charge is -2.41. The number of likely N-dealkylation sites (tertiary alicyclic amines) is 1. The highest BCUT2D eigenvalue weighted by Crippen LogP contribution is 2.37. The maximum atomic E-state index is 13.8. The van der Waals surface area contributed by atoms with Crippen molar-refractivity contribution < 1.29 is 18.0 Å². The summed E-state index contributed by atoms with van der Waals surface area (Å²) in [5.41, 5.74) is 2.84. The number of hydrogen-bond acceptors (Lipinski definition) is 4. The molecule has 5 rings (SSSR count). The van der Waals surface area contributed by atoms with Gasteiger partial charge in [0.25, 0.3) is 0 Å². The lowest BCUT2D eigenvalue weighted by atomic mass is 9.94. The van der Waals surface area contributed by atoms with Crippen LogP contribution in [0.3, 0.4) is 0 Å². The molecule has 4 aromatic rings. The second kappa shape index (κ2) is 12.6. The Balaban J connectivity index is 1.34. The van der Waals surface area contributed by atoms with Gasteiger partial charge in [0.1, 0.15) is 0 Å². The fourth-order valence-corrected chi connectivity index (χ4v) is 5.50. The number of urea groups is 1. The number of carbonyl (C=O) groups excluding carboxylic acids is 1. The van der Waals surface area contributed by atoms with E-state index in [2.05, 4.69) is 25.2 Å². The molecule has 0 spiro atoms. The number of aromatic nitrogens is 3. The number of aryl methyl sites for hydroxylation is 1. The zero-order valence-electron chi connectivity index (χ0n) is 22.8. The van der Waals surface area contributed by atoms with Crippen LogP contribution in [0, 0.1) is 6.92 Å². The Kier molecular flexibility index (Phi) is 8.68. The minimum Gasteiger partial charge on any atom is -0.347 e. The Morgan fingerprint density at radius 1 is 1.05 bits per heavy atom. The van der Waals surface area contributed by atoms with Gasteiger partial charge in [0.15, 0.2) is 0 Å². The number of nitrogens with zero attached hydrogens (tertiary/aromatic N) is 4. The molecule has 2 aromatic carbocycles. The molecule has 0 bridgehead atoms. The minimum atomic E-state index is -4.44. The largest absolute Gasteiger partial charge is 0.416 e. The fraction of sp³-hybridized carbons (Fsp3) is 0.323. The molecule has 1 atom stereocenters. The lowest BCUT2D eigenvalue weighted by Crippen LogP contribution is -2.50. The first-order valence-corrected chi connectivity index (χ1v) is 13.7. The quantitative estimate of drug-likeness (QED) is 0.272. The predicted octanol–water partition coefficient (Wildman–Crippen LogP) is 6.10. The molecule has 2 aromatic heterocycles. The van der Waals surface area contributed by atoms with Gasteiger partial charge in [0.05, 0.1) is 23.6 Å². The SMILES string of the molecule is Cc1ccc(C(c2cnc[nH]2)N2CCC(N(Cc3ccccc3)C(=O)NCc3ccncc3)CC2)cc1C(F)(F)F. The summed E-state index contributed by atoms with van der Waals surface area (Å²) in [6, 6.07) is 17.5. The summed E-state index contributed by atoms with van der Waals surface area (Å²) in [5.74, 6) is 0. The van der Waals surface area contributed by atoms with Crippen LogP contribution in [-0.2, 0) is 19.3 Å². The second-order valence-electron chi connectivity index (χ2n) is 10.4. The molecule has 2 N–H and O–H groups in total. The Morgan fingerprint density at radius 2 is 1.78 bits per heavy atom. The molecule has 0 radical (unpaired) electrons. The first-order valence-electron chi connectivity index (χ1n) is 13.7. The number of halogens is 3. The summed E-state index contributed by atoms with van der Waals surface area (Å²) in [5, 5.41) is 3.05. The first-order chi connectivity index (χ1) is 19.8. The molecule has 1 unspecified atom stereocenters. The Hall–Kier alpha value is -4.18. The molecule has 2 amide bonds. The third-order valence-corrected chi connectivity index (χ3v) is 7.65. The van der Waals surface area contributed by atoms with Gasteiger partial charge >= 0.3 is 12.2 Å². The summed E-state index contributed by atoms with van der Waals surface area (Å²) in [6.07, 6.45) is 3.52. The number of rotatable bonds is 8. The van der Waals surface area contributed by atoms with Crippen LogP contribution >= 0.6 is 0 Å². The third-order valence-electron chi connectivity index (χ3n) is 7.65. The van der Waals surface area contributed by atoms with Crippen molar-refractivity contribution in [2.75, 3.05) is 13.1 Å². The van der Waals surface area contributed by atoms with E-state index >= 15 is 0 Å². The highest BCUT2D eigenvalue weighted by atomic mass is 19.4. The van der Waals surface area contributed by atoms with Gasteiger partial charge in [-0.2, -0.15) is 13.2 Å². The average Bonchev–Trinajstić information content (AvgIpc) is 3.51. The van der Waals surface area contributed by atoms with Crippen molar-refractivity contribution in [3.63, 3.8) is 0 Å². The number of pyridine rings is 1. The Bertz CT molecular complexity index is 1410. The van der Waals surface area contributed by atoms with E-state index in [-0.39, 0.29) is 17.6 Å². The fourth-order valence-electron chi connectivity index (χ4n) is 5.50. The van der Waals surface area contributed by atoms with Crippen LogP contribution in [0.2, 0.25) is 0 Å². The molecule has 3 heterocycles. The van der Waals surface area contributed by atoms with Gasteiger partial charge in [-0.3, -0.25) is 9.88 Å². The molecule has 7 nitrogen and oxygen atoms in total. The van der Waals surface area contributed by atoms with Crippen LogP contribution in [0.25, 0.3) is 0 Å². The molecular weight excluding hydrogens is 529 g/mol. The van der Waals surface area contributed by atoms with Gasteiger partial charge in [-0.15, -0.1) is 0 Å². The van der Waals surface area contributed by atoms with Crippen molar-refractivity contribution in [3.05, 3.63) is 119 Å². The molecule has 1 fully saturated rings. The first kappa shape index (κ1) is 28.4. The zero-order valence-corrected chi connectivity index (χ0v) is 22.8. The number of nitrogens with one attached hydrogen (secondary N) is 2. The summed E-state index contributed by atoms with van der Waals surface area (Å²) < 4.78 is 41.3. The minimum absolute atomic E-state index is 0.0323. The molecule has 1 aliphatic heterocycles. The number of hydrogen-bond donors (Lipinski definition) is 2. The van der Waals surface area contributed by atoms with E-state index in [0.717, 1.165) is 16.8 Å². The molecule has 41 heavy (non-hydrogen) atoms. The number of carbonyl (C=O) groups is 1. The number of H-pyrrole nitrogens is 1. The van der Waals surface area contributed by atoms with Crippen LogP contribution < -0.4 is 5.32 Å². The van der Waals surface area contributed by atoms with Gasteiger partial charge < -0.3 is 15.2 Å². The monoisotopic (exact) mass is 562 g/mol. The number of imidazole rings is 1. The molecule has 1 aliphatic rings. The highest BCUT2D eigenvalue weighted by Gasteiger charge is 2.36. The smallest absolute Gasteiger partial charge is 0.347 e. The van der Waals surface area contributed by atoms with Gasteiger partial charge in [0, 0.05) is 50.8 Å². The van der Waals surface area contributed by atoms with E-state index in [1.165, 1.54) is 19.1 Å². The van der Waals surface area contributed by atoms with E-state index in [0.29, 0.717) is 44.6 Å². The molecule has 10 heteroatoms. The molecular formula is C31H33F3N6O. The lowest BCUT2D eigenvalue weighted by molar-refractivity contribution is -0.138.